The zero-order valence-electron chi connectivity index (χ0n) is 10.9. The molecule has 7 heteroatoms. The van der Waals surface area contributed by atoms with Crippen molar-refractivity contribution >= 4 is 35.1 Å². The maximum absolute atomic E-state index is 12.6. The molecule has 20 heavy (non-hydrogen) atoms. The van der Waals surface area contributed by atoms with E-state index >= 15 is 0 Å². The Morgan fingerprint density at radius 1 is 1.45 bits per heavy atom. The Bertz CT molecular complexity index is 502. The van der Waals surface area contributed by atoms with E-state index in [1.165, 1.54) is 16.7 Å². The normalized spacial score (nSPS) is 22.0. The van der Waals surface area contributed by atoms with E-state index < -0.39 is 12.0 Å². The van der Waals surface area contributed by atoms with Crippen molar-refractivity contribution in [2.24, 2.45) is 0 Å². The van der Waals surface area contributed by atoms with Crippen molar-refractivity contribution in [2.45, 2.75) is 31.5 Å². The van der Waals surface area contributed by atoms with Crippen LogP contribution in [0.3, 0.4) is 0 Å². The number of hydrogen-bond donors (Lipinski definition) is 1. The van der Waals surface area contributed by atoms with Gasteiger partial charge in [0.15, 0.2) is 0 Å². The number of carbonyl (C=O) groups excluding carboxylic acids is 1. The molecule has 1 saturated carbocycles. The van der Waals surface area contributed by atoms with Gasteiger partial charge < -0.3 is 14.9 Å². The van der Waals surface area contributed by atoms with Crippen LogP contribution in [0.25, 0.3) is 0 Å². The summed E-state index contributed by atoms with van der Waals surface area (Å²) < 4.78 is 0. The smallest absolute Gasteiger partial charge is 0.327 e. The molecule has 2 amide bonds. The fourth-order valence-corrected chi connectivity index (χ4v) is 4.12. The van der Waals surface area contributed by atoms with Crippen molar-refractivity contribution in [1.82, 2.24) is 9.80 Å². The maximum atomic E-state index is 12.6. The van der Waals surface area contributed by atoms with E-state index in [2.05, 4.69) is 0 Å². The van der Waals surface area contributed by atoms with Crippen LogP contribution in [0.15, 0.2) is 16.8 Å². The number of carboxylic acids is 1. The molecule has 2 aliphatic rings. The van der Waals surface area contributed by atoms with Crippen molar-refractivity contribution in [2.75, 3.05) is 11.6 Å². The minimum Gasteiger partial charge on any atom is -0.480 e. The first kappa shape index (κ1) is 13.8. The van der Waals surface area contributed by atoms with Crippen LogP contribution in [0.4, 0.5) is 4.79 Å². The second-order valence-electron chi connectivity index (χ2n) is 5.10. The molecule has 1 atom stereocenters. The third-order valence-electron chi connectivity index (χ3n) is 3.58. The molecule has 0 spiro atoms. The van der Waals surface area contributed by atoms with Crippen LogP contribution >= 0.6 is 23.1 Å². The van der Waals surface area contributed by atoms with Crippen LogP contribution < -0.4 is 0 Å². The zero-order valence-corrected chi connectivity index (χ0v) is 12.5. The topological polar surface area (TPSA) is 60.9 Å². The summed E-state index contributed by atoms with van der Waals surface area (Å²) in [6.45, 7) is 0.584. The van der Waals surface area contributed by atoms with Gasteiger partial charge >= 0.3 is 12.0 Å². The number of aliphatic carboxylic acids is 1. The highest BCUT2D eigenvalue weighted by Crippen LogP contribution is 2.32. The second-order valence-corrected chi connectivity index (χ2v) is 6.88. The van der Waals surface area contributed by atoms with Gasteiger partial charge in [-0.05, 0) is 35.2 Å². The molecule has 1 N–H and O–H groups in total. The molecule has 5 nitrogen and oxygen atoms in total. The van der Waals surface area contributed by atoms with Crippen LogP contribution in [0.2, 0.25) is 0 Å². The number of rotatable bonds is 4. The number of thiophene rings is 1. The Labute approximate surface area is 125 Å². The summed E-state index contributed by atoms with van der Waals surface area (Å²) in [6.07, 6.45) is 2.04. The summed E-state index contributed by atoms with van der Waals surface area (Å²) >= 11 is 3.12. The lowest BCUT2D eigenvalue weighted by atomic mass is 10.3. The van der Waals surface area contributed by atoms with Gasteiger partial charge in [0.2, 0.25) is 0 Å². The number of nitrogens with zero attached hydrogens (tertiary/aromatic N) is 2. The van der Waals surface area contributed by atoms with Crippen molar-refractivity contribution in [1.29, 1.82) is 0 Å². The Morgan fingerprint density at radius 2 is 2.25 bits per heavy atom. The van der Waals surface area contributed by atoms with Gasteiger partial charge in [-0.2, -0.15) is 11.3 Å². The third-order valence-corrected chi connectivity index (χ3v) is 5.32. The monoisotopic (exact) mass is 312 g/mol. The van der Waals surface area contributed by atoms with E-state index in [0.717, 1.165) is 18.4 Å². The van der Waals surface area contributed by atoms with E-state index in [1.807, 2.05) is 21.7 Å². The highest BCUT2D eigenvalue weighted by Gasteiger charge is 2.41. The molecule has 1 aromatic rings. The van der Waals surface area contributed by atoms with Gasteiger partial charge in [0.05, 0.1) is 5.88 Å². The first-order chi connectivity index (χ1) is 9.66. The molecule has 1 aromatic heterocycles. The highest BCUT2D eigenvalue weighted by atomic mass is 32.2. The summed E-state index contributed by atoms with van der Waals surface area (Å²) in [7, 11) is 0. The van der Waals surface area contributed by atoms with E-state index in [9.17, 15) is 14.7 Å². The van der Waals surface area contributed by atoms with E-state index in [4.69, 9.17) is 0 Å². The molecule has 0 bridgehead atoms. The van der Waals surface area contributed by atoms with Gasteiger partial charge in [0, 0.05) is 18.3 Å². The molecule has 0 aromatic carbocycles. The molecule has 1 aliphatic heterocycles. The predicted molar refractivity (Wildman–Crippen MR) is 78.9 cm³/mol. The maximum Gasteiger partial charge on any atom is 0.327 e. The number of amides is 2. The first-order valence-corrected chi connectivity index (χ1v) is 8.65. The summed E-state index contributed by atoms with van der Waals surface area (Å²) in [4.78, 5) is 27.2. The number of urea groups is 1. The van der Waals surface area contributed by atoms with E-state index in [1.54, 1.807) is 11.3 Å². The molecule has 3 rings (SSSR count). The fourth-order valence-electron chi connectivity index (χ4n) is 2.32. The lowest BCUT2D eigenvalue weighted by Gasteiger charge is -2.29. The molecule has 1 saturated heterocycles. The quantitative estimate of drug-likeness (QED) is 0.926. The Hall–Kier alpha value is -1.21. The van der Waals surface area contributed by atoms with Gasteiger partial charge in [-0.3, -0.25) is 0 Å². The van der Waals surface area contributed by atoms with Crippen molar-refractivity contribution < 1.29 is 14.7 Å². The number of carbonyl (C=O) groups is 2. The van der Waals surface area contributed by atoms with Gasteiger partial charge in [-0.15, -0.1) is 11.8 Å². The van der Waals surface area contributed by atoms with E-state index in [-0.39, 0.29) is 12.1 Å². The van der Waals surface area contributed by atoms with Crippen LogP contribution in [0.1, 0.15) is 18.4 Å². The van der Waals surface area contributed by atoms with Crippen molar-refractivity contribution in [3.63, 3.8) is 0 Å². The summed E-state index contributed by atoms with van der Waals surface area (Å²) in [5.41, 5.74) is 1.12. The average molecular weight is 312 g/mol. The summed E-state index contributed by atoms with van der Waals surface area (Å²) in [5, 5.41) is 13.2. The first-order valence-electron chi connectivity index (χ1n) is 6.55. The van der Waals surface area contributed by atoms with Crippen LogP contribution in [0.5, 0.6) is 0 Å². The van der Waals surface area contributed by atoms with Crippen LogP contribution in [0, 0.1) is 0 Å². The Morgan fingerprint density at radius 3 is 2.85 bits per heavy atom. The van der Waals surface area contributed by atoms with Gasteiger partial charge in [-0.25, -0.2) is 9.59 Å². The summed E-state index contributed by atoms with van der Waals surface area (Å²) in [5.74, 6) is 0.0513. The number of hydrogen-bond acceptors (Lipinski definition) is 4. The van der Waals surface area contributed by atoms with Crippen LogP contribution in [-0.2, 0) is 11.3 Å². The molecule has 0 unspecified atom stereocenters. The molecule has 2 heterocycles. The molecule has 1 aliphatic carbocycles. The molecule has 0 radical (unpaired) electrons. The van der Waals surface area contributed by atoms with Gasteiger partial charge in [-0.1, -0.05) is 0 Å². The van der Waals surface area contributed by atoms with Crippen LogP contribution in [-0.4, -0.2) is 50.6 Å². The van der Waals surface area contributed by atoms with Crippen molar-refractivity contribution in [3.8, 4) is 0 Å². The zero-order chi connectivity index (χ0) is 14.1. The molecule has 2 fully saturated rings. The SMILES string of the molecule is O=C(O)[C@@H]1CSCN1C(=O)N(Cc1ccsc1)C1CC1. The standard InChI is InChI=1S/C13H16N2O3S2/c16-12(17)11-7-20-8-15(11)13(18)14(10-1-2-10)5-9-3-4-19-6-9/h3-4,6,10-11H,1-2,5,7-8H2,(H,16,17)/t11-/m0/s1. The second kappa shape index (κ2) is 5.65. The fraction of sp³-hybridized carbons (Fsp3) is 0.538. The largest absolute Gasteiger partial charge is 0.480 e. The third kappa shape index (κ3) is 2.78. The lowest BCUT2D eigenvalue weighted by molar-refractivity contribution is -0.141. The Balaban J connectivity index is 1.73. The number of thioether (sulfide) groups is 1. The molecular formula is C13H16N2O3S2. The summed E-state index contributed by atoms with van der Waals surface area (Å²) in [6, 6.07) is 1.48. The van der Waals surface area contributed by atoms with E-state index in [0.29, 0.717) is 18.2 Å². The van der Waals surface area contributed by atoms with Gasteiger partial charge in [0.25, 0.3) is 0 Å². The predicted octanol–water partition coefficient (Wildman–Crippen LogP) is 2.29. The average Bonchev–Trinajstić information content (AvgIpc) is 2.95. The minimum absolute atomic E-state index is 0.129. The molecule has 108 valence electrons. The minimum atomic E-state index is -0.908. The number of carboxylic acid groups (broad SMARTS) is 1. The Kier molecular flexibility index (Phi) is 3.89. The highest BCUT2D eigenvalue weighted by molar-refractivity contribution is 7.99. The lowest BCUT2D eigenvalue weighted by Crippen LogP contribution is -2.49. The van der Waals surface area contributed by atoms with Crippen molar-refractivity contribution in [3.05, 3.63) is 22.4 Å². The molecular weight excluding hydrogens is 296 g/mol. The van der Waals surface area contributed by atoms with Gasteiger partial charge in [0.1, 0.15) is 6.04 Å².